The maximum absolute atomic E-state index is 14.9. The Bertz CT molecular complexity index is 2300. The summed E-state index contributed by atoms with van der Waals surface area (Å²) in [5.74, 6) is 6.11. The number of rotatable bonds is 13. The third-order valence-corrected chi connectivity index (χ3v) is 11.2. The van der Waals surface area contributed by atoms with Gasteiger partial charge in [-0.15, -0.1) is 0 Å². The first-order valence-corrected chi connectivity index (χ1v) is 20.7. The van der Waals surface area contributed by atoms with Gasteiger partial charge in [0.25, 0.3) is 5.91 Å². The molecular weight excluding hydrogens is 809 g/mol. The van der Waals surface area contributed by atoms with Crippen molar-refractivity contribution in [2.45, 2.75) is 83.2 Å². The highest BCUT2D eigenvalue weighted by atomic mass is 19.4. The number of fused-ring (bicyclic) bond motifs is 2. The molecule has 62 heavy (non-hydrogen) atoms. The van der Waals surface area contributed by atoms with Crippen LogP contribution in [-0.2, 0) is 17.8 Å². The number of ether oxygens (including phenoxy) is 3. The molecule has 1 fully saturated rings. The molecule has 0 bridgehead atoms. The van der Waals surface area contributed by atoms with E-state index in [0.29, 0.717) is 47.5 Å². The molecule has 12 nitrogen and oxygen atoms in total. The topological polar surface area (TPSA) is 130 Å². The number of nitrogens with zero attached hydrogens (tertiary/aromatic N) is 3. The van der Waals surface area contributed by atoms with Gasteiger partial charge >= 0.3 is 6.18 Å². The van der Waals surface area contributed by atoms with Crippen LogP contribution in [0.3, 0.4) is 0 Å². The van der Waals surface area contributed by atoms with Gasteiger partial charge in [0.1, 0.15) is 36.7 Å². The third kappa shape index (κ3) is 11.0. The highest BCUT2D eigenvalue weighted by molar-refractivity contribution is 5.95. The zero-order valence-corrected chi connectivity index (χ0v) is 36.2. The van der Waals surface area contributed by atoms with Crippen molar-refractivity contribution in [3.8, 4) is 29.1 Å². The van der Waals surface area contributed by atoms with E-state index in [1.807, 2.05) is 69.8 Å². The lowest BCUT2D eigenvalue weighted by Gasteiger charge is -2.37. The van der Waals surface area contributed by atoms with Crippen LogP contribution in [0.5, 0.6) is 17.2 Å². The minimum Gasteiger partial charge on any atom is -0.493 e. The van der Waals surface area contributed by atoms with Crippen molar-refractivity contribution >= 4 is 34.1 Å². The summed E-state index contributed by atoms with van der Waals surface area (Å²) in [7, 11) is 5.15. The molecule has 2 amide bonds. The number of likely N-dealkylation sites (tertiary alicyclic amines) is 1. The van der Waals surface area contributed by atoms with Crippen LogP contribution in [0.1, 0.15) is 55.7 Å². The van der Waals surface area contributed by atoms with E-state index in [0.717, 1.165) is 15.8 Å². The number of aliphatic hydroxyl groups is 1. The fourth-order valence-corrected chi connectivity index (χ4v) is 8.10. The second-order valence-corrected chi connectivity index (χ2v) is 17.0. The van der Waals surface area contributed by atoms with Gasteiger partial charge in [-0.25, -0.2) is 4.39 Å². The van der Waals surface area contributed by atoms with E-state index in [4.69, 9.17) is 14.2 Å². The second-order valence-electron chi connectivity index (χ2n) is 17.0. The number of likely N-dealkylation sites (N-methyl/N-ethyl adjacent to an activating group) is 1. The first-order chi connectivity index (χ1) is 29.4. The van der Waals surface area contributed by atoms with Crippen molar-refractivity contribution in [1.82, 2.24) is 20.1 Å². The number of methoxy groups -OCH3 is 1. The van der Waals surface area contributed by atoms with E-state index in [1.165, 1.54) is 13.2 Å². The molecule has 334 valence electrons. The van der Waals surface area contributed by atoms with E-state index in [2.05, 4.69) is 27.8 Å². The number of anilines is 2. The first kappa shape index (κ1) is 45.9. The van der Waals surface area contributed by atoms with Crippen LogP contribution in [0, 0.1) is 17.8 Å². The summed E-state index contributed by atoms with van der Waals surface area (Å²) in [5, 5.41) is 19.5. The maximum Gasteiger partial charge on any atom is 0.406 e. The van der Waals surface area contributed by atoms with Gasteiger partial charge in [-0.2, -0.15) is 13.2 Å². The summed E-state index contributed by atoms with van der Waals surface area (Å²) in [6.45, 7) is 6.98. The highest BCUT2D eigenvalue weighted by Gasteiger charge is 2.34. The molecule has 16 heteroatoms. The fraction of sp³-hybridized carbons (Fsp3) is 0.478. The van der Waals surface area contributed by atoms with Gasteiger partial charge in [-0.1, -0.05) is 31.9 Å². The molecule has 6 rings (SSSR count). The Hall–Kier alpha value is -5.66. The molecule has 3 heterocycles. The monoisotopic (exact) mass is 864 g/mol. The number of piperidine rings is 1. The number of hydrogen-bond acceptors (Lipinski definition) is 9. The summed E-state index contributed by atoms with van der Waals surface area (Å²) in [6.07, 6.45) is -4.68. The second kappa shape index (κ2) is 19.2. The zero-order chi connectivity index (χ0) is 44.9. The van der Waals surface area contributed by atoms with Crippen LogP contribution in [0.25, 0.3) is 10.9 Å². The largest absolute Gasteiger partial charge is 0.493 e. The summed E-state index contributed by atoms with van der Waals surface area (Å²) < 4.78 is 75.2. The third-order valence-electron chi connectivity index (χ3n) is 11.2. The minimum atomic E-state index is -4.53. The molecule has 1 aromatic heterocycles. The SMILES string of the molecule is COc1ccc(C(=O)NCC(C)(C)Oc2ccc3c(c2)N(C)[C@@H](C(C)C)C(=O)N[C@H](CO)C3)cc1OCC#Cc1cc2c(N[C@@H]3CCN(C)C[C@@H]3F)cccc2n1CC(F)(F)F. The minimum absolute atomic E-state index is 0.0102. The Balaban J connectivity index is 1.13. The molecular formula is C46H56F4N6O6. The number of halogens is 4. The van der Waals surface area contributed by atoms with Crippen molar-refractivity contribution in [2.24, 2.45) is 5.92 Å². The zero-order valence-electron chi connectivity index (χ0n) is 36.2. The van der Waals surface area contributed by atoms with E-state index >= 15 is 0 Å². The molecule has 0 aliphatic carbocycles. The number of carbonyl (C=O) groups is 2. The number of nitrogens with one attached hydrogen (secondary N) is 3. The molecule has 4 atom stereocenters. The normalized spacial score (nSPS) is 19.8. The molecule has 3 aromatic carbocycles. The van der Waals surface area contributed by atoms with Crippen LogP contribution in [0.15, 0.2) is 60.7 Å². The molecule has 0 spiro atoms. The number of aliphatic hydroxyl groups excluding tert-OH is 1. The Morgan fingerprint density at radius 1 is 1.06 bits per heavy atom. The smallest absolute Gasteiger partial charge is 0.406 e. The average molecular weight is 865 g/mol. The molecule has 4 aromatic rings. The average Bonchev–Trinajstić information content (AvgIpc) is 3.55. The Morgan fingerprint density at radius 3 is 2.53 bits per heavy atom. The van der Waals surface area contributed by atoms with Crippen LogP contribution in [-0.4, -0.2) is 117 Å². The number of carbonyl (C=O) groups excluding carboxylic acids is 2. The molecule has 2 aliphatic rings. The Labute approximate surface area is 359 Å². The number of aromatic nitrogens is 1. The summed E-state index contributed by atoms with van der Waals surface area (Å²) in [6, 6.07) is 15.4. The van der Waals surface area contributed by atoms with Gasteiger partial charge in [-0.05, 0) is 93.6 Å². The van der Waals surface area contributed by atoms with Crippen LogP contribution >= 0.6 is 0 Å². The van der Waals surface area contributed by atoms with Crippen molar-refractivity contribution < 1.29 is 46.5 Å². The molecule has 0 saturated carbocycles. The summed E-state index contributed by atoms with van der Waals surface area (Å²) in [5.41, 5.74) is 2.10. The standard InChI is InChI=1S/C46H56F4N6O6/c1-28(2)42-44(59)52-31(25-57)20-29-13-15-33(23-39(29)55(42)6)62-45(3,4)26-51-43(58)30-14-16-40(60-7)41(21-30)61-19-9-10-32-22-34-36(53-37-17-18-54(5)24-35(37)47)11-8-12-38(34)56(32)27-46(48,49)50/h8,11-16,21-23,28,31,35,37,42,53,57H,17-20,24-27H2,1-7H3,(H,51,58)(H,52,59)/t31-,35-,37+,42-/m0/s1. The Kier molecular flexibility index (Phi) is 14.2. The number of alkyl halides is 4. The Morgan fingerprint density at radius 2 is 1.84 bits per heavy atom. The van der Waals surface area contributed by atoms with E-state index in [1.54, 1.807) is 36.4 Å². The molecule has 4 N–H and O–H groups in total. The van der Waals surface area contributed by atoms with Crippen molar-refractivity contribution in [1.29, 1.82) is 0 Å². The molecule has 1 saturated heterocycles. The first-order valence-electron chi connectivity index (χ1n) is 20.7. The predicted octanol–water partition coefficient (Wildman–Crippen LogP) is 6.18. The van der Waals surface area contributed by atoms with E-state index in [-0.39, 0.29) is 55.1 Å². The van der Waals surface area contributed by atoms with Crippen molar-refractivity contribution in [3.05, 3.63) is 77.5 Å². The number of amides is 2. The predicted molar refractivity (Wildman–Crippen MR) is 231 cm³/mol. The summed E-state index contributed by atoms with van der Waals surface area (Å²) in [4.78, 5) is 30.4. The molecule has 0 unspecified atom stereocenters. The fourth-order valence-electron chi connectivity index (χ4n) is 8.10. The molecule has 0 radical (unpaired) electrons. The van der Waals surface area contributed by atoms with Crippen molar-refractivity contribution in [2.75, 3.05) is 64.3 Å². The lowest BCUT2D eigenvalue weighted by atomic mass is 9.95. The van der Waals surface area contributed by atoms with Gasteiger partial charge in [0.15, 0.2) is 11.5 Å². The van der Waals surface area contributed by atoms with E-state index in [9.17, 15) is 32.3 Å². The van der Waals surface area contributed by atoms with Gasteiger partial charge in [0, 0.05) is 48.5 Å². The van der Waals surface area contributed by atoms with Gasteiger partial charge in [0.05, 0.1) is 43.6 Å². The van der Waals surface area contributed by atoms with Crippen molar-refractivity contribution in [3.63, 3.8) is 0 Å². The van der Waals surface area contributed by atoms with E-state index < -0.39 is 48.5 Å². The quantitative estimate of drug-likeness (QED) is 0.0921. The van der Waals surface area contributed by atoms with Crippen LogP contribution in [0.4, 0.5) is 28.9 Å². The lowest BCUT2D eigenvalue weighted by molar-refractivity contribution is -0.140. The van der Waals surface area contributed by atoms with Gasteiger partial charge < -0.3 is 49.6 Å². The molecule has 2 aliphatic heterocycles. The van der Waals surface area contributed by atoms with Crippen LogP contribution < -0.4 is 35.1 Å². The number of hydrogen-bond donors (Lipinski definition) is 4. The lowest BCUT2D eigenvalue weighted by Crippen LogP contribution is -2.54. The highest BCUT2D eigenvalue weighted by Crippen LogP contribution is 2.34. The van der Waals surface area contributed by atoms with Gasteiger partial charge in [-0.3, -0.25) is 9.59 Å². The van der Waals surface area contributed by atoms with Crippen LogP contribution in [0.2, 0.25) is 0 Å². The maximum atomic E-state index is 14.9. The number of benzene rings is 3. The van der Waals surface area contributed by atoms with Gasteiger partial charge in [0.2, 0.25) is 5.91 Å². The summed E-state index contributed by atoms with van der Waals surface area (Å²) >= 11 is 0.